The zero-order valence-corrected chi connectivity index (χ0v) is 11.2. The van der Waals surface area contributed by atoms with Crippen molar-refractivity contribution in [3.8, 4) is 0 Å². The first-order valence-corrected chi connectivity index (χ1v) is 6.82. The summed E-state index contributed by atoms with van der Waals surface area (Å²) in [7, 11) is 0. The number of thioether (sulfide) groups is 1. The van der Waals surface area contributed by atoms with Crippen LogP contribution in [0, 0.1) is 11.8 Å². The van der Waals surface area contributed by atoms with Crippen LogP contribution in [0.15, 0.2) is 35.2 Å². The van der Waals surface area contributed by atoms with E-state index in [0.717, 1.165) is 5.56 Å². The average molecular weight is 250 g/mol. The molecule has 0 fully saturated rings. The van der Waals surface area contributed by atoms with Gasteiger partial charge in [-0.3, -0.25) is 4.79 Å². The molecule has 3 heteroatoms. The van der Waals surface area contributed by atoms with Gasteiger partial charge >= 0.3 is 5.97 Å². The highest BCUT2D eigenvalue weighted by Crippen LogP contribution is 2.18. The number of carboxylic acid groups (broad SMARTS) is 1. The fourth-order valence-electron chi connectivity index (χ4n) is 1.52. The predicted molar refractivity (Wildman–Crippen MR) is 73.2 cm³/mol. The van der Waals surface area contributed by atoms with E-state index >= 15 is 0 Å². The molecule has 0 aliphatic heterocycles. The molecule has 0 spiro atoms. The first-order valence-electron chi connectivity index (χ1n) is 5.59. The molecule has 17 heavy (non-hydrogen) atoms. The number of hydrogen-bond donors (Lipinski definition) is 1. The van der Waals surface area contributed by atoms with Crippen molar-refractivity contribution in [3.63, 3.8) is 0 Å². The highest BCUT2D eigenvalue weighted by Gasteiger charge is 2.17. The zero-order chi connectivity index (χ0) is 12.8. The molecule has 0 radical (unpaired) electrons. The molecule has 1 unspecified atom stereocenters. The third kappa shape index (κ3) is 4.27. The van der Waals surface area contributed by atoms with Crippen LogP contribution in [-0.2, 0) is 4.79 Å². The Morgan fingerprint density at radius 2 is 1.88 bits per heavy atom. The van der Waals surface area contributed by atoms with Crippen LogP contribution in [0.2, 0.25) is 0 Å². The summed E-state index contributed by atoms with van der Waals surface area (Å²) in [6, 6.07) is 8.08. The first kappa shape index (κ1) is 13.8. The lowest BCUT2D eigenvalue weighted by Gasteiger charge is -2.10. The van der Waals surface area contributed by atoms with Crippen LogP contribution in [0.4, 0.5) is 0 Å². The Hall–Kier alpha value is -1.22. The molecular formula is C14H18O2S. The normalized spacial score (nSPS) is 13.2. The summed E-state index contributed by atoms with van der Waals surface area (Å²) in [5.41, 5.74) is 1.04. The molecule has 0 aromatic heterocycles. The summed E-state index contributed by atoms with van der Waals surface area (Å²) in [4.78, 5) is 12.2. The van der Waals surface area contributed by atoms with Crippen molar-refractivity contribution in [2.75, 3.05) is 6.26 Å². The summed E-state index contributed by atoms with van der Waals surface area (Å²) in [6.07, 6.45) is 5.67. The van der Waals surface area contributed by atoms with Crippen molar-refractivity contribution < 1.29 is 9.90 Å². The number of carbonyl (C=O) groups is 1. The van der Waals surface area contributed by atoms with Crippen LogP contribution in [0.3, 0.4) is 0 Å². The van der Waals surface area contributed by atoms with Crippen LogP contribution in [-0.4, -0.2) is 17.3 Å². The van der Waals surface area contributed by atoms with Gasteiger partial charge in [0.1, 0.15) is 0 Å². The average Bonchev–Trinajstić information content (AvgIpc) is 2.29. The molecule has 1 atom stereocenters. The van der Waals surface area contributed by atoms with Gasteiger partial charge in [-0.1, -0.05) is 38.1 Å². The van der Waals surface area contributed by atoms with E-state index in [0.29, 0.717) is 0 Å². The molecule has 1 aromatic rings. The Labute approximate surface area is 107 Å². The number of benzene rings is 1. The number of carboxylic acids is 1. The van der Waals surface area contributed by atoms with Gasteiger partial charge < -0.3 is 5.11 Å². The molecule has 0 aliphatic carbocycles. The maximum absolute atomic E-state index is 11.0. The van der Waals surface area contributed by atoms with Crippen LogP contribution < -0.4 is 0 Å². The summed E-state index contributed by atoms with van der Waals surface area (Å²) < 4.78 is 0. The Morgan fingerprint density at radius 3 is 2.29 bits per heavy atom. The Bertz CT molecular complexity index is 393. The first-order chi connectivity index (χ1) is 8.04. The third-order valence-corrected chi connectivity index (χ3v) is 3.36. The van der Waals surface area contributed by atoms with Crippen molar-refractivity contribution in [2.24, 2.45) is 11.8 Å². The summed E-state index contributed by atoms with van der Waals surface area (Å²) >= 11 is 1.69. The van der Waals surface area contributed by atoms with Crippen molar-refractivity contribution in [1.82, 2.24) is 0 Å². The number of rotatable bonds is 5. The lowest BCUT2D eigenvalue weighted by atomic mass is 9.95. The molecule has 2 nitrogen and oxygen atoms in total. The molecule has 0 amide bonds. The van der Waals surface area contributed by atoms with Crippen LogP contribution in [0.1, 0.15) is 19.4 Å². The van der Waals surface area contributed by atoms with Gasteiger partial charge in [0.05, 0.1) is 5.92 Å². The smallest absolute Gasteiger partial charge is 0.310 e. The van der Waals surface area contributed by atoms with E-state index in [1.165, 1.54) is 4.90 Å². The molecular weight excluding hydrogens is 232 g/mol. The lowest BCUT2D eigenvalue weighted by molar-refractivity contribution is -0.141. The Balaban J connectivity index is 2.77. The van der Waals surface area contributed by atoms with E-state index in [-0.39, 0.29) is 5.92 Å². The lowest BCUT2D eigenvalue weighted by Crippen LogP contribution is -2.16. The second-order valence-electron chi connectivity index (χ2n) is 4.24. The van der Waals surface area contributed by atoms with Gasteiger partial charge in [-0.05, 0) is 29.9 Å². The molecule has 92 valence electrons. The van der Waals surface area contributed by atoms with Crippen molar-refractivity contribution in [1.29, 1.82) is 0 Å². The SMILES string of the molecule is CSc1ccc(C=CC(C(=O)O)C(C)C)cc1. The Morgan fingerprint density at radius 1 is 1.29 bits per heavy atom. The van der Waals surface area contributed by atoms with Crippen molar-refractivity contribution >= 4 is 23.8 Å². The summed E-state index contributed by atoms with van der Waals surface area (Å²) in [6.45, 7) is 3.83. The second-order valence-corrected chi connectivity index (χ2v) is 5.12. The number of hydrogen-bond acceptors (Lipinski definition) is 2. The monoisotopic (exact) mass is 250 g/mol. The maximum atomic E-state index is 11.0. The van der Waals surface area contributed by atoms with E-state index in [4.69, 9.17) is 5.11 Å². The molecule has 1 aromatic carbocycles. The molecule has 1 rings (SSSR count). The fraction of sp³-hybridized carbons (Fsp3) is 0.357. The maximum Gasteiger partial charge on any atom is 0.310 e. The standard InChI is InChI=1S/C14H18O2S/c1-10(2)13(14(15)16)9-6-11-4-7-12(17-3)8-5-11/h4-10,13H,1-3H3,(H,15,16). The highest BCUT2D eigenvalue weighted by molar-refractivity contribution is 7.98. The fourth-order valence-corrected chi connectivity index (χ4v) is 1.93. The van der Waals surface area contributed by atoms with Gasteiger partial charge in [0.25, 0.3) is 0 Å². The summed E-state index contributed by atoms with van der Waals surface area (Å²) in [5, 5.41) is 9.05. The molecule has 0 aliphatic rings. The zero-order valence-electron chi connectivity index (χ0n) is 10.4. The van der Waals surface area contributed by atoms with E-state index in [1.807, 2.05) is 50.4 Å². The molecule has 0 saturated heterocycles. The van der Waals surface area contributed by atoms with E-state index in [2.05, 4.69) is 0 Å². The van der Waals surface area contributed by atoms with Gasteiger partial charge in [0.15, 0.2) is 0 Å². The van der Waals surface area contributed by atoms with Gasteiger partial charge in [-0.25, -0.2) is 0 Å². The van der Waals surface area contributed by atoms with Crippen LogP contribution in [0.25, 0.3) is 6.08 Å². The largest absolute Gasteiger partial charge is 0.481 e. The van der Waals surface area contributed by atoms with Gasteiger partial charge in [0, 0.05) is 4.90 Å². The van der Waals surface area contributed by atoms with Gasteiger partial charge in [-0.15, -0.1) is 11.8 Å². The molecule has 0 saturated carbocycles. The molecule has 0 heterocycles. The van der Waals surface area contributed by atoms with Crippen LogP contribution in [0.5, 0.6) is 0 Å². The van der Waals surface area contributed by atoms with Gasteiger partial charge in [-0.2, -0.15) is 0 Å². The van der Waals surface area contributed by atoms with Crippen LogP contribution >= 0.6 is 11.8 Å². The minimum Gasteiger partial charge on any atom is -0.481 e. The number of aliphatic carboxylic acids is 1. The molecule has 1 N–H and O–H groups in total. The van der Waals surface area contributed by atoms with E-state index < -0.39 is 11.9 Å². The minimum absolute atomic E-state index is 0.106. The topological polar surface area (TPSA) is 37.3 Å². The minimum atomic E-state index is -0.767. The van der Waals surface area contributed by atoms with E-state index in [9.17, 15) is 4.79 Å². The quantitative estimate of drug-likeness (QED) is 0.808. The van der Waals surface area contributed by atoms with E-state index in [1.54, 1.807) is 17.8 Å². The predicted octanol–water partition coefficient (Wildman–Crippen LogP) is 3.78. The van der Waals surface area contributed by atoms with Gasteiger partial charge in [0.2, 0.25) is 0 Å². The Kier molecular flexibility index (Phi) is 5.29. The highest BCUT2D eigenvalue weighted by atomic mass is 32.2. The molecule has 0 bridgehead atoms. The van der Waals surface area contributed by atoms with Crippen molar-refractivity contribution in [2.45, 2.75) is 18.7 Å². The second kappa shape index (κ2) is 6.50. The summed E-state index contributed by atoms with van der Waals surface area (Å²) in [5.74, 6) is -1.08. The third-order valence-electron chi connectivity index (χ3n) is 2.62. The van der Waals surface area contributed by atoms with Crippen molar-refractivity contribution in [3.05, 3.63) is 35.9 Å².